The van der Waals surface area contributed by atoms with Gasteiger partial charge >= 0.3 is 0 Å². The fourth-order valence-corrected chi connectivity index (χ4v) is 1.12. The van der Waals surface area contributed by atoms with Gasteiger partial charge in [0.1, 0.15) is 0 Å². The number of rotatable bonds is 4. The van der Waals surface area contributed by atoms with Crippen molar-refractivity contribution >= 4 is 5.57 Å². The molecule has 1 rings (SSSR count). The highest BCUT2D eigenvalue weighted by Gasteiger charge is 1.96. The normalized spacial score (nSPS) is 10.0. The fourth-order valence-electron chi connectivity index (χ4n) is 1.12. The van der Waals surface area contributed by atoms with Crippen molar-refractivity contribution in [2.24, 2.45) is 5.73 Å². The molecule has 0 bridgehead atoms. The van der Waals surface area contributed by atoms with Gasteiger partial charge in [0.25, 0.3) is 0 Å². The summed E-state index contributed by atoms with van der Waals surface area (Å²) in [6, 6.07) is 8.09. The van der Waals surface area contributed by atoms with Gasteiger partial charge in [0, 0.05) is 13.7 Å². The van der Waals surface area contributed by atoms with Gasteiger partial charge in [0.15, 0.2) is 0 Å². The van der Waals surface area contributed by atoms with Crippen LogP contribution in [0.25, 0.3) is 5.57 Å². The standard InChI is InChI=1S/C11H15NO/c1-9(7-12)11-5-3-10(4-6-11)8-13-2/h3-6H,1,7-8,12H2,2H3. The fraction of sp³-hybridized carbons (Fsp3) is 0.273. The van der Waals surface area contributed by atoms with E-state index in [-0.39, 0.29) is 0 Å². The number of hydrogen-bond donors (Lipinski definition) is 1. The second kappa shape index (κ2) is 4.80. The van der Waals surface area contributed by atoms with Crippen LogP contribution in [0.3, 0.4) is 0 Å². The predicted octanol–water partition coefficient (Wildman–Crippen LogP) is 1.80. The first-order valence-electron chi connectivity index (χ1n) is 4.24. The molecule has 13 heavy (non-hydrogen) atoms. The molecule has 2 N–H and O–H groups in total. The van der Waals surface area contributed by atoms with Crippen LogP contribution in [0.1, 0.15) is 11.1 Å². The summed E-state index contributed by atoms with van der Waals surface area (Å²) in [7, 11) is 1.69. The Morgan fingerprint density at radius 3 is 2.46 bits per heavy atom. The molecule has 2 heteroatoms. The summed E-state index contributed by atoms with van der Waals surface area (Å²) in [6.45, 7) is 5.01. The van der Waals surface area contributed by atoms with E-state index in [4.69, 9.17) is 10.5 Å². The van der Waals surface area contributed by atoms with Gasteiger partial charge in [-0.15, -0.1) is 0 Å². The summed E-state index contributed by atoms with van der Waals surface area (Å²) in [5, 5.41) is 0. The Kier molecular flexibility index (Phi) is 3.68. The van der Waals surface area contributed by atoms with Crippen LogP contribution in [-0.2, 0) is 11.3 Å². The molecule has 0 aliphatic carbocycles. The number of hydrogen-bond acceptors (Lipinski definition) is 2. The molecular weight excluding hydrogens is 162 g/mol. The SMILES string of the molecule is C=C(CN)c1ccc(COC)cc1. The first kappa shape index (κ1) is 9.96. The molecule has 0 unspecified atom stereocenters. The van der Waals surface area contributed by atoms with Crippen LogP contribution < -0.4 is 5.73 Å². The van der Waals surface area contributed by atoms with Crippen LogP contribution in [0.15, 0.2) is 30.8 Å². The molecule has 0 aromatic heterocycles. The minimum Gasteiger partial charge on any atom is -0.380 e. The highest BCUT2D eigenvalue weighted by atomic mass is 16.5. The van der Waals surface area contributed by atoms with Crippen molar-refractivity contribution in [3.8, 4) is 0 Å². The Hall–Kier alpha value is -1.12. The lowest BCUT2D eigenvalue weighted by atomic mass is 10.1. The quantitative estimate of drug-likeness (QED) is 0.761. The van der Waals surface area contributed by atoms with Crippen molar-refractivity contribution in [1.29, 1.82) is 0 Å². The van der Waals surface area contributed by atoms with E-state index in [1.807, 2.05) is 24.3 Å². The van der Waals surface area contributed by atoms with Gasteiger partial charge in [-0.25, -0.2) is 0 Å². The number of nitrogens with two attached hydrogens (primary N) is 1. The van der Waals surface area contributed by atoms with Crippen molar-refractivity contribution in [2.75, 3.05) is 13.7 Å². The lowest BCUT2D eigenvalue weighted by Gasteiger charge is -2.04. The summed E-state index contributed by atoms with van der Waals surface area (Å²) < 4.78 is 5.01. The van der Waals surface area contributed by atoms with E-state index >= 15 is 0 Å². The van der Waals surface area contributed by atoms with E-state index in [0.29, 0.717) is 13.2 Å². The number of methoxy groups -OCH3 is 1. The first-order chi connectivity index (χ1) is 6.27. The van der Waals surface area contributed by atoms with Gasteiger partial charge in [-0.3, -0.25) is 0 Å². The van der Waals surface area contributed by atoms with Crippen LogP contribution in [0.5, 0.6) is 0 Å². The van der Waals surface area contributed by atoms with Gasteiger partial charge < -0.3 is 10.5 Å². The van der Waals surface area contributed by atoms with Gasteiger partial charge in [0.05, 0.1) is 6.61 Å². The number of ether oxygens (including phenoxy) is 1. The monoisotopic (exact) mass is 177 g/mol. The molecule has 0 saturated heterocycles. The van der Waals surface area contributed by atoms with Crippen LogP contribution in [0, 0.1) is 0 Å². The van der Waals surface area contributed by atoms with Crippen molar-refractivity contribution in [3.63, 3.8) is 0 Å². The molecule has 1 aromatic carbocycles. The average Bonchev–Trinajstić information content (AvgIpc) is 2.18. The van der Waals surface area contributed by atoms with E-state index < -0.39 is 0 Å². The molecule has 0 amide bonds. The summed E-state index contributed by atoms with van der Waals surface area (Å²) in [6.07, 6.45) is 0. The van der Waals surface area contributed by atoms with Gasteiger partial charge in [-0.1, -0.05) is 30.8 Å². The molecule has 70 valence electrons. The maximum Gasteiger partial charge on any atom is 0.0713 e. The van der Waals surface area contributed by atoms with Crippen LogP contribution in [0.2, 0.25) is 0 Å². The lowest BCUT2D eigenvalue weighted by Crippen LogP contribution is -2.00. The zero-order valence-electron chi connectivity index (χ0n) is 7.92. The number of benzene rings is 1. The molecule has 0 atom stereocenters. The highest BCUT2D eigenvalue weighted by Crippen LogP contribution is 2.12. The third-order valence-corrected chi connectivity index (χ3v) is 1.92. The van der Waals surface area contributed by atoms with Gasteiger partial charge in [-0.05, 0) is 16.7 Å². The van der Waals surface area contributed by atoms with Crippen molar-refractivity contribution < 1.29 is 4.74 Å². The van der Waals surface area contributed by atoms with E-state index in [0.717, 1.165) is 16.7 Å². The Morgan fingerprint density at radius 2 is 2.00 bits per heavy atom. The van der Waals surface area contributed by atoms with Crippen molar-refractivity contribution in [3.05, 3.63) is 42.0 Å². The third-order valence-electron chi connectivity index (χ3n) is 1.92. The zero-order valence-corrected chi connectivity index (χ0v) is 7.92. The summed E-state index contributed by atoms with van der Waals surface area (Å²) in [5.41, 5.74) is 8.70. The van der Waals surface area contributed by atoms with E-state index in [2.05, 4.69) is 6.58 Å². The molecule has 1 aromatic rings. The zero-order chi connectivity index (χ0) is 9.68. The summed E-state index contributed by atoms with van der Waals surface area (Å²) >= 11 is 0. The Balaban J connectivity index is 2.75. The van der Waals surface area contributed by atoms with Crippen LogP contribution in [0.4, 0.5) is 0 Å². The van der Waals surface area contributed by atoms with Crippen LogP contribution >= 0.6 is 0 Å². The smallest absolute Gasteiger partial charge is 0.0713 e. The largest absolute Gasteiger partial charge is 0.380 e. The van der Waals surface area contributed by atoms with E-state index in [1.54, 1.807) is 7.11 Å². The van der Waals surface area contributed by atoms with E-state index in [1.165, 1.54) is 0 Å². The van der Waals surface area contributed by atoms with Gasteiger partial charge in [-0.2, -0.15) is 0 Å². The minimum atomic E-state index is 0.504. The molecule has 2 nitrogen and oxygen atoms in total. The molecule has 0 heterocycles. The third kappa shape index (κ3) is 2.68. The molecule has 0 fully saturated rings. The molecule has 0 aliphatic heterocycles. The second-order valence-electron chi connectivity index (χ2n) is 2.94. The molecule has 0 radical (unpaired) electrons. The molecule has 0 saturated carbocycles. The topological polar surface area (TPSA) is 35.2 Å². The van der Waals surface area contributed by atoms with E-state index in [9.17, 15) is 0 Å². The van der Waals surface area contributed by atoms with Crippen LogP contribution in [-0.4, -0.2) is 13.7 Å². The average molecular weight is 177 g/mol. The predicted molar refractivity (Wildman–Crippen MR) is 55.2 cm³/mol. The Labute approximate surface area is 79.0 Å². The second-order valence-corrected chi connectivity index (χ2v) is 2.94. The maximum absolute atomic E-state index is 5.48. The highest BCUT2D eigenvalue weighted by molar-refractivity contribution is 5.64. The molecule has 0 aliphatic rings. The van der Waals surface area contributed by atoms with Crippen molar-refractivity contribution in [2.45, 2.75) is 6.61 Å². The lowest BCUT2D eigenvalue weighted by molar-refractivity contribution is 0.185. The molecule has 0 spiro atoms. The minimum absolute atomic E-state index is 0.504. The Morgan fingerprint density at radius 1 is 1.38 bits per heavy atom. The molecular formula is C11H15NO. The Bertz CT molecular complexity index is 277. The maximum atomic E-state index is 5.48. The summed E-state index contributed by atoms with van der Waals surface area (Å²) in [4.78, 5) is 0. The van der Waals surface area contributed by atoms with Gasteiger partial charge in [0.2, 0.25) is 0 Å². The van der Waals surface area contributed by atoms with Crippen molar-refractivity contribution in [1.82, 2.24) is 0 Å². The first-order valence-corrected chi connectivity index (χ1v) is 4.24. The summed E-state index contributed by atoms with van der Waals surface area (Å²) in [5.74, 6) is 0.